The van der Waals surface area contributed by atoms with Gasteiger partial charge in [0, 0.05) is 29.3 Å². The molecule has 2 aromatic carbocycles. The Labute approximate surface area is 193 Å². The molecule has 4 rings (SSSR count). The SMILES string of the molecule is CCOc1ccc(-n2ccn3c(SCC(=O)Nc4ccc(C(C)=O)cc4)nnc3c2=O)cc1. The first-order valence-electron chi connectivity index (χ1n) is 10.2. The van der Waals surface area contributed by atoms with Gasteiger partial charge in [-0.2, -0.15) is 0 Å². The molecule has 0 saturated carbocycles. The molecule has 0 unspecified atom stereocenters. The third-order valence-corrected chi connectivity index (χ3v) is 5.72. The molecular weight excluding hydrogens is 442 g/mol. The largest absolute Gasteiger partial charge is 0.494 e. The van der Waals surface area contributed by atoms with Gasteiger partial charge in [0.25, 0.3) is 0 Å². The van der Waals surface area contributed by atoms with Crippen LogP contribution in [0, 0.1) is 0 Å². The van der Waals surface area contributed by atoms with Gasteiger partial charge in [0.05, 0.1) is 12.4 Å². The van der Waals surface area contributed by atoms with Crippen molar-refractivity contribution in [3.63, 3.8) is 0 Å². The Bertz CT molecular complexity index is 1360. The molecule has 4 aromatic rings. The molecule has 0 radical (unpaired) electrons. The number of carbonyl (C=O) groups is 2. The van der Waals surface area contributed by atoms with Gasteiger partial charge in [0.15, 0.2) is 10.9 Å². The van der Waals surface area contributed by atoms with E-state index in [9.17, 15) is 14.4 Å². The number of carbonyl (C=O) groups excluding carboxylic acids is 2. The molecule has 0 aliphatic rings. The van der Waals surface area contributed by atoms with Gasteiger partial charge in [0.1, 0.15) is 5.75 Å². The molecule has 1 amide bonds. The number of rotatable bonds is 8. The quantitative estimate of drug-likeness (QED) is 0.316. The first kappa shape index (κ1) is 22.3. The maximum absolute atomic E-state index is 12.9. The maximum atomic E-state index is 12.9. The highest BCUT2D eigenvalue weighted by molar-refractivity contribution is 7.99. The molecule has 1 N–H and O–H groups in total. The van der Waals surface area contributed by atoms with Crippen LogP contribution >= 0.6 is 11.8 Å². The molecule has 0 bridgehead atoms. The zero-order chi connectivity index (χ0) is 23.4. The van der Waals surface area contributed by atoms with Crippen molar-refractivity contribution in [2.24, 2.45) is 0 Å². The number of benzene rings is 2. The number of fused-ring (bicyclic) bond motifs is 1. The topological polar surface area (TPSA) is 108 Å². The van der Waals surface area contributed by atoms with Crippen LogP contribution in [-0.2, 0) is 4.79 Å². The lowest BCUT2D eigenvalue weighted by atomic mass is 10.1. The monoisotopic (exact) mass is 463 g/mol. The molecule has 0 atom stereocenters. The van der Waals surface area contributed by atoms with E-state index < -0.39 is 0 Å². The van der Waals surface area contributed by atoms with E-state index in [1.807, 2.05) is 6.92 Å². The van der Waals surface area contributed by atoms with Crippen LogP contribution in [0.2, 0.25) is 0 Å². The predicted molar refractivity (Wildman–Crippen MR) is 126 cm³/mol. The van der Waals surface area contributed by atoms with Crippen molar-refractivity contribution in [1.82, 2.24) is 19.2 Å². The van der Waals surface area contributed by atoms with Crippen LogP contribution in [-0.4, -0.2) is 43.2 Å². The number of hydrogen-bond donors (Lipinski definition) is 1. The molecule has 0 spiro atoms. The third kappa shape index (κ3) is 4.96. The Kier molecular flexibility index (Phi) is 6.55. The molecular formula is C23H21N5O4S. The summed E-state index contributed by atoms with van der Waals surface area (Å²) in [4.78, 5) is 36.6. The first-order chi connectivity index (χ1) is 16.0. The summed E-state index contributed by atoms with van der Waals surface area (Å²) in [6.07, 6.45) is 3.32. The van der Waals surface area contributed by atoms with Crippen LogP contribution < -0.4 is 15.6 Å². The molecule has 2 heterocycles. The fraction of sp³-hybridized carbons (Fsp3) is 0.174. The number of nitrogens with one attached hydrogen (secondary N) is 1. The average Bonchev–Trinajstić information content (AvgIpc) is 3.23. The number of Topliss-reactive ketones (excluding diaryl/α,β-unsaturated/α-hetero) is 1. The minimum absolute atomic E-state index is 0.0382. The van der Waals surface area contributed by atoms with Gasteiger partial charge >= 0.3 is 5.56 Å². The fourth-order valence-corrected chi connectivity index (χ4v) is 3.87. The number of nitrogens with zero attached hydrogens (tertiary/aromatic N) is 4. The summed E-state index contributed by atoms with van der Waals surface area (Å²) in [5, 5.41) is 11.3. The number of amides is 1. The predicted octanol–water partition coefficient (Wildman–Crippen LogP) is 3.21. The second-order valence-corrected chi connectivity index (χ2v) is 7.99. The summed E-state index contributed by atoms with van der Waals surface area (Å²) in [5.41, 5.74) is 1.69. The van der Waals surface area contributed by atoms with E-state index in [0.29, 0.717) is 28.7 Å². The molecule has 10 heteroatoms. The maximum Gasteiger partial charge on any atom is 0.300 e. The highest BCUT2D eigenvalue weighted by atomic mass is 32.2. The normalized spacial score (nSPS) is 10.8. The lowest BCUT2D eigenvalue weighted by Crippen LogP contribution is -2.20. The molecule has 0 fully saturated rings. The van der Waals surface area contributed by atoms with Crippen molar-refractivity contribution in [3.8, 4) is 11.4 Å². The lowest BCUT2D eigenvalue weighted by Gasteiger charge is -2.08. The molecule has 0 aliphatic carbocycles. The summed E-state index contributed by atoms with van der Waals surface area (Å²) in [6, 6.07) is 13.9. The number of ether oxygens (including phenoxy) is 1. The molecule has 168 valence electrons. The van der Waals surface area contributed by atoms with Crippen LogP contribution in [0.5, 0.6) is 5.75 Å². The summed E-state index contributed by atoms with van der Waals surface area (Å²) >= 11 is 1.17. The minimum atomic E-state index is -0.323. The van der Waals surface area contributed by atoms with Crippen molar-refractivity contribution in [1.29, 1.82) is 0 Å². The van der Waals surface area contributed by atoms with Crippen LogP contribution in [0.1, 0.15) is 24.2 Å². The minimum Gasteiger partial charge on any atom is -0.494 e. The van der Waals surface area contributed by atoms with Gasteiger partial charge in [-0.1, -0.05) is 11.8 Å². The Morgan fingerprint density at radius 3 is 2.42 bits per heavy atom. The van der Waals surface area contributed by atoms with E-state index in [1.165, 1.54) is 23.3 Å². The first-order valence-corrected chi connectivity index (χ1v) is 11.2. The van der Waals surface area contributed by atoms with Gasteiger partial charge in [-0.15, -0.1) is 10.2 Å². The number of anilines is 1. The number of thioether (sulfide) groups is 1. The Morgan fingerprint density at radius 1 is 1.03 bits per heavy atom. The van der Waals surface area contributed by atoms with Gasteiger partial charge in [0.2, 0.25) is 11.6 Å². The van der Waals surface area contributed by atoms with Gasteiger partial charge in [-0.05, 0) is 62.4 Å². The molecule has 0 saturated heterocycles. The Hall–Kier alpha value is -3.92. The van der Waals surface area contributed by atoms with Crippen LogP contribution in [0.15, 0.2) is 70.9 Å². The van der Waals surface area contributed by atoms with Crippen molar-refractivity contribution in [2.75, 3.05) is 17.7 Å². The van der Waals surface area contributed by atoms with E-state index in [1.54, 1.807) is 65.3 Å². The zero-order valence-corrected chi connectivity index (χ0v) is 18.8. The second-order valence-electron chi connectivity index (χ2n) is 7.05. The van der Waals surface area contributed by atoms with Gasteiger partial charge < -0.3 is 10.1 Å². The lowest BCUT2D eigenvalue weighted by molar-refractivity contribution is -0.113. The van der Waals surface area contributed by atoms with Crippen molar-refractivity contribution in [2.45, 2.75) is 19.0 Å². The molecule has 0 aliphatic heterocycles. The van der Waals surface area contributed by atoms with Crippen molar-refractivity contribution < 1.29 is 14.3 Å². The fourth-order valence-electron chi connectivity index (χ4n) is 3.15. The summed E-state index contributed by atoms with van der Waals surface area (Å²) in [5.74, 6) is 0.528. The highest BCUT2D eigenvalue weighted by Gasteiger charge is 2.14. The van der Waals surface area contributed by atoms with Gasteiger partial charge in [-0.3, -0.25) is 23.4 Å². The van der Waals surface area contributed by atoms with Gasteiger partial charge in [-0.25, -0.2) is 0 Å². The second kappa shape index (κ2) is 9.70. The number of ketones is 1. The van der Waals surface area contributed by atoms with E-state index >= 15 is 0 Å². The molecule has 9 nitrogen and oxygen atoms in total. The van der Waals surface area contributed by atoms with Crippen molar-refractivity contribution >= 4 is 34.8 Å². The Balaban J connectivity index is 1.45. The summed E-state index contributed by atoms with van der Waals surface area (Å²) in [7, 11) is 0. The third-order valence-electron chi connectivity index (χ3n) is 4.77. The molecule has 2 aromatic heterocycles. The van der Waals surface area contributed by atoms with E-state index in [4.69, 9.17) is 4.74 Å². The zero-order valence-electron chi connectivity index (χ0n) is 18.0. The summed E-state index contributed by atoms with van der Waals surface area (Å²) in [6.45, 7) is 3.96. The molecule has 33 heavy (non-hydrogen) atoms. The van der Waals surface area contributed by atoms with Crippen molar-refractivity contribution in [3.05, 3.63) is 76.8 Å². The Morgan fingerprint density at radius 2 is 1.76 bits per heavy atom. The standard InChI is InChI=1S/C23H21N5O4S/c1-3-32-19-10-8-18(9-11-19)27-12-13-28-21(22(27)31)25-26-23(28)33-14-20(30)24-17-6-4-16(5-7-17)15(2)29/h4-13H,3,14H2,1-2H3,(H,24,30). The average molecular weight is 464 g/mol. The van der Waals surface area contributed by atoms with E-state index in [-0.39, 0.29) is 28.6 Å². The smallest absolute Gasteiger partial charge is 0.300 e. The van der Waals surface area contributed by atoms with E-state index in [2.05, 4.69) is 15.5 Å². The van der Waals surface area contributed by atoms with Crippen LogP contribution in [0.3, 0.4) is 0 Å². The number of aromatic nitrogens is 4. The van der Waals surface area contributed by atoms with Crippen LogP contribution in [0.25, 0.3) is 11.3 Å². The highest BCUT2D eigenvalue weighted by Crippen LogP contribution is 2.18. The summed E-state index contributed by atoms with van der Waals surface area (Å²) < 4.78 is 8.48. The van der Waals surface area contributed by atoms with E-state index in [0.717, 1.165) is 5.75 Å². The van der Waals surface area contributed by atoms with Crippen LogP contribution in [0.4, 0.5) is 5.69 Å². The number of hydrogen-bond acceptors (Lipinski definition) is 7.